The van der Waals surface area contributed by atoms with Crippen LogP contribution in [0, 0.1) is 0 Å². The van der Waals surface area contributed by atoms with Crippen molar-refractivity contribution in [3.63, 3.8) is 0 Å². The number of rotatable bonds is 48. The monoisotopic (exact) mass is 895 g/mol. The molecule has 3 N–H and O–H groups in total. The highest BCUT2D eigenvalue weighted by Gasteiger charge is 2.26. The highest BCUT2D eigenvalue weighted by molar-refractivity contribution is 7.47. The van der Waals surface area contributed by atoms with E-state index < -0.39 is 39.2 Å². The summed E-state index contributed by atoms with van der Waals surface area (Å²) < 4.78 is 33.5. The summed E-state index contributed by atoms with van der Waals surface area (Å²) in [7, 11) is -4.53. The molecule has 0 bridgehead atoms. The number of ether oxygens (including phenoxy) is 2. The Morgan fingerprint density at radius 2 is 0.919 bits per heavy atom. The highest BCUT2D eigenvalue weighted by Crippen LogP contribution is 2.43. The van der Waals surface area contributed by atoms with E-state index in [1.807, 2.05) is 0 Å². The Kier molecular flexibility index (Phi) is 47.2. The predicted octanol–water partition coefficient (Wildman–Crippen LogP) is 14.7. The zero-order valence-electron chi connectivity index (χ0n) is 39.8. The lowest BCUT2D eigenvalue weighted by Gasteiger charge is -2.20. The Morgan fingerprint density at radius 3 is 1.39 bits per heavy atom. The lowest BCUT2D eigenvalue weighted by molar-refractivity contribution is -0.154. The third-order valence-corrected chi connectivity index (χ3v) is 11.7. The fraction of sp³-hybridized carbons (Fsp3) is 0.788. The Hall–Kier alpha value is -1.84. The molecule has 0 aliphatic rings. The molecule has 3 unspecified atom stereocenters. The summed E-state index contributed by atoms with van der Waals surface area (Å²) in [5.41, 5.74) is 0. The smallest absolute Gasteiger partial charge is 0.457 e. The van der Waals surface area contributed by atoms with Crippen molar-refractivity contribution in [3.8, 4) is 0 Å². The molecule has 0 spiro atoms. The number of unbranched alkanes of at least 4 members (excludes halogenated alkanes) is 24. The molecule has 0 saturated heterocycles. The molecule has 9 nitrogen and oxygen atoms in total. The van der Waals surface area contributed by atoms with Crippen LogP contribution in [0.2, 0.25) is 0 Å². The van der Waals surface area contributed by atoms with Gasteiger partial charge in [-0.05, 0) is 57.8 Å². The van der Waals surface area contributed by atoms with Gasteiger partial charge >= 0.3 is 13.8 Å². The molecule has 0 radical (unpaired) electrons. The second-order valence-electron chi connectivity index (χ2n) is 16.8. The Balaban J connectivity index is 4.12. The first-order chi connectivity index (χ1) is 30.3. The van der Waals surface area contributed by atoms with Gasteiger partial charge in [0.2, 0.25) is 0 Å². The molecule has 62 heavy (non-hydrogen) atoms. The van der Waals surface area contributed by atoms with Gasteiger partial charge in [-0.1, -0.05) is 216 Å². The molecule has 0 aromatic rings. The molecule has 0 saturated carbocycles. The lowest BCUT2D eigenvalue weighted by Crippen LogP contribution is -2.29. The summed E-state index contributed by atoms with van der Waals surface area (Å²) in [5, 5.41) is 18.4. The van der Waals surface area contributed by atoms with E-state index in [4.69, 9.17) is 23.6 Å². The number of hydrogen-bond acceptors (Lipinski definition) is 8. The minimum absolute atomic E-state index is 0.0416. The highest BCUT2D eigenvalue weighted by atomic mass is 31.2. The van der Waals surface area contributed by atoms with Crippen LogP contribution < -0.4 is 0 Å². The number of phosphoric acid groups is 1. The maximum Gasteiger partial charge on any atom is 0.472 e. The van der Waals surface area contributed by atoms with Crippen LogP contribution >= 0.6 is 7.82 Å². The van der Waals surface area contributed by atoms with E-state index in [0.717, 1.165) is 83.5 Å². The maximum absolute atomic E-state index is 12.7. The fourth-order valence-electron chi connectivity index (χ4n) is 6.91. The molecule has 0 aliphatic heterocycles. The molecular weight excluding hydrogens is 800 g/mol. The van der Waals surface area contributed by atoms with Gasteiger partial charge in [0, 0.05) is 13.0 Å². The second-order valence-corrected chi connectivity index (χ2v) is 18.3. The Labute approximate surface area is 380 Å². The van der Waals surface area contributed by atoms with E-state index in [1.54, 1.807) is 0 Å². The molecule has 3 atom stereocenters. The second kappa shape index (κ2) is 48.6. The molecular formula is C52H95O9P. The van der Waals surface area contributed by atoms with Crippen LogP contribution in [0.3, 0.4) is 0 Å². The SMILES string of the molecule is CC/C=C\C/C=C\C/C=C\C/C=C\C/C=C\CCCCCCCC(=O)OC(COCCCCCCCCCCCCCCCCCCCCCC)COP(=O)(O)OCC(O)CO. The average Bonchev–Trinajstić information content (AvgIpc) is 3.26. The number of carbonyl (C=O) groups is 1. The van der Waals surface area contributed by atoms with Crippen molar-refractivity contribution in [3.05, 3.63) is 60.8 Å². The number of aliphatic hydroxyl groups is 2. The van der Waals surface area contributed by atoms with E-state index >= 15 is 0 Å². The van der Waals surface area contributed by atoms with Crippen molar-refractivity contribution in [1.29, 1.82) is 0 Å². The van der Waals surface area contributed by atoms with E-state index in [1.165, 1.54) is 109 Å². The van der Waals surface area contributed by atoms with Gasteiger partial charge < -0.3 is 24.6 Å². The quantitative estimate of drug-likeness (QED) is 0.0236. The summed E-state index contributed by atoms with van der Waals surface area (Å²) in [6.07, 6.45) is 57.6. The molecule has 0 aromatic carbocycles. The van der Waals surface area contributed by atoms with E-state index in [0.29, 0.717) is 13.0 Å². The van der Waals surface area contributed by atoms with Crippen molar-refractivity contribution in [2.45, 2.75) is 232 Å². The van der Waals surface area contributed by atoms with Gasteiger partial charge in [0.05, 0.1) is 26.4 Å². The van der Waals surface area contributed by atoms with E-state index in [2.05, 4.69) is 74.6 Å². The zero-order chi connectivity index (χ0) is 45.3. The minimum Gasteiger partial charge on any atom is -0.457 e. The van der Waals surface area contributed by atoms with Crippen LogP contribution in [0.15, 0.2) is 60.8 Å². The molecule has 362 valence electrons. The number of esters is 1. The van der Waals surface area contributed by atoms with Gasteiger partial charge in [-0.25, -0.2) is 4.57 Å². The Bertz CT molecular complexity index is 1150. The third-order valence-electron chi connectivity index (χ3n) is 10.7. The molecule has 0 fully saturated rings. The van der Waals surface area contributed by atoms with Gasteiger partial charge in [-0.2, -0.15) is 0 Å². The average molecular weight is 895 g/mol. The standard InChI is InChI=1S/C52H95O9P/c1-3-5-7-9-11-13-15-17-19-21-23-25-26-28-30-32-34-36-38-40-42-44-52(55)61-51(49-60-62(56,57)59-47-50(54)46-53)48-58-45-43-41-39-37-35-33-31-29-27-24-22-20-18-16-14-12-10-8-6-4-2/h5,7,11,13,17,19,23,25,28,30,50-51,53-54H,3-4,6,8-10,12,14-16,18,20-22,24,26-27,29,31-49H2,1-2H3,(H,56,57)/b7-5-,13-11-,19-17-,25-23-,30-28-. The van der Waals surface area contributed by atoms with Crippen LogP contribution in [-0.2, 0) is 27.9 Å². The minimum atomic E-state index is -4.53. The van der Waals surface area contributed by atoms with Gasteiger partial charge in [0.15, 0.2) is 0 Å². The van der Waals surface area contributed by atoms with Crippen molar-refractivity contribution in [2.75, 3.05) is 33.0 Å². The number of carbonyl (C=O) groups excluding carboxylic acids is 1. The van der Waals surface area contributed by atoms with Crippen LogP contribution in [0.5, 0.6) is 0 Å². The normalized spacial score (nSPS) is 14.3. The zero-order valence-corrected chi connectivity index (χ0v) is 40.7. The number of phosphoric ester groups is 1. The molecule has 0 rings (SSSR count). The van der Waals surface area contributed by atoms with Crippen molar-refractivity contribution in [2.24, 2.45) is 0 Å². The lowest BCUT2D eigenvalue weighted by atomic mass is 10.0. The topological polar surface area (TPSA) is 132 Å². The first-order valence-electron chi connectivity index (χ1n) is 25.3. The van der Waals surface area contributed by atoms with Gasteiger partial charge in [-0.15, -0.1) is 0 Å². The van der Waals surface area contributed by atoms with Crippen molar-refractivity contribution >= 4 is 13.8 Å². The van der Waals surface area contributed by atoms with Crippen LogP contribution in [-0.4, -0.2) is 66.3 Å². The molecule has 0 amide bonds. The molecule has 0 aromatic heterocycles. The van der Waals surface area contributed by atoms with Crippen molar-refractivity contribution in [1.82, 2.24) is 0 Å². The van der Waals surface area contributed by atoms with E-state index in [9.17, 15) is 19.4 Å². The maximum atomic E-state index is 12.7. The Morgan fingerprint density at radius 1 is 0.516 bits per heavy atom. The van der Waals surface area contributed by atoms with Crippen LogP contribution in [0.4, 0.5) is 0 Å². The van der Waals surface area contributed by atoms with Gasteiger partial charge in [0.25, 0.3) is 0 Å². The fourth-order valence-corrected chi connectivity index (χ4v) is 7.70. The summed E-state index contributed by atoms with van der Waals surface area (Å²) >= 11 is 0. The summed E-state index contributed by atoms with van der Waals surface area (Å²) in [5.74, 6) is -0.399. The van der Waals surface area contributed by atoms with Gasteiger partial charge in [0.1, 0.15) is 12.2 Å². The molecule has 10 heteroatoms. The largest absolute Gasteiger partial charge is 0.472 e. The summed E-state index contributed by atoms with van der Waals surface area (Å²) in [6, 6.07) is 0. The van der Waals surface area contributed by atoms with E-state index in [-0.39, 0.29) is 19.6 Å². The van der Waals surface area contributed by atoms with Crippen molar-refractivity contribution < 1.29 is 43.0 Å². The van der Waals surface area contributed by atoms with Crippen LogP contribution in [0.25, 0.3) is 0 Å². The number of hydrogen-bond donors (Lipinski definition) is 3. The summed E-state index contributed by atoms with van der Waals surface area (Å²) in [6.45, 7) is 3.41. The first kappa shape index (κ1) is 60.2. The van der Waals surface area contributed by atoms with Gasteiger partial charge in [-0.3, -0.25) is 13.8 Å². The number of allylic oxidation sites excluding steroid dienone is 10. The predicted molar refractivity (Wildman–Crippen MR) is 260 cm³/mol. The summed E-state index contributed by atoms with van der Waals surface area (Å²) in [4.78, 5) is 22.7. The third kappa shape index (κ3) is 47.6. The number of aliphatic hydroxyl groups excluding tert-OH is 2. The first-order valence-corrected chi connectivity index (χ1v) is 26.8. The molecule has 0 aliphatic carbocycles. The van der Waals surface area contributed by atoms with Crippen LogP contribution in [0.1, 0.15) is 219 Å². The molecule has 0 heterocycles.